The van der Waals surface area contributed by atoms with E-state index in [-0.39, 0.29) is 12.5 Å². The highest BCUT2D eigenvalue weighted by atomic mass is 15.2. The lowest BCUT2D eigenvalue weighted by Gasteiger charge is -2.49. The first-order valence-electron chi connectivity index (χ1n) is 5.69. The van der Waals surface area contributed by atoms with Gasteiger partial charge in [0.05, 0.1) is 0 Å². The summed E-state index contributed by atoms with van der Waals surface area (Å²) in [7, 11) is 0. The lowest BCUT2D eigenvalue weighted by atomic mass is 9.23. The predicted octanol–water partition coefficient (Wildman–Crippen LogP) is 0.870. The van der Waals surface area contributed by atoms with E-state index < -0.39 is 0 Å². The predicted molar refractivity (Wildman–Crippen MR) is 62.4 cm³/mol. The molecule has 6 heteroatoms. The minimum absolute atomic E-state index is 0.207. The molecule has 5 nitrogen and oxygen atoms in total. The fraction of sp³-hybridized carbons (Fsp3) is 0.455. The van der Waals surface area contributed by atoms with E-state index in [1.807, 2.05) is 12.1 Å². The maximum atomic E-state index is 8.99. The molecule has 4 heterocycles. The third-order valence-corrected chi connectivity index (χ3v) is 3.74. The average molecular weight is 223 g/mol. The molecule has 1 aromatic heterocycles. The van der Waals surface area contributed by atoms with Crippen molar-refractivity contribution in [2.75, 3.05) is 18.0 Å². The van der Waals surface area contributed by atoms with Gasteiger partial charge in [0, 0.05) is 25.3 Å². The number of aromatic nitrogens is 2. The summed E-state index contributed by atoms with van der Waals surface area (Å²) in [4.78, 5) is 10.2. The summed E-state index contributed by atoms with van der Waals surface area (Å²) in [6, 6.07) is 3.77. The number of hydrogen-bond acceptors (Lipinski definition) is 5. The van der Waals surface area contributed by atoms with Crippen LogP contribution in [0.2, 0.25) is 11.6 Å². The molecular formula is C11H10BN5. The lowest BCUT2D eigenvalue weighted by Crippen LogP contribution is -2.54. The molecule has 0 spiro atoms. The summed E-state index contributed by atoms with van der Waals surface area (Å²) in [5.74, 6) is 4.34. The van der Waals surface area contributed by atoms with Crippen molar-refractivity contribution >= 4 is 12.5 Å². The Kier molecular flexibility index (Phi) is 2.23. The summed E-state index contributed by atoms with van der Waals surface area (Å²) in [6.07, 6.45) is 2.77. The van der Waals surface area contributed by atoms with E-state index in [1.165, 1.54) is 0 Å². The van der Waals surface area contributed by atoms with Crippen molar-refractivity contribution in [2.24, 2.45) is 0 Å². The number of hydrogen-bond donors (Lipinski definition) is 0. The Balaban J connectivity index is 1.80. The summed E-state index contributed by atoms with van der Waals surface area (Å²) >= 11 is 0. The van der Waals surface area contributed by atoms with E-state index in [0.717, 1.165) is 25.3 Å². The third kappa shape index (κ3) is 1.53. The van der Waals surface area contributed by atoms with Gasteiger partial charge in [-0.1, -0.05) is 6.42 Å². The number of nitriles is 2. The fourth-order valence-electron chi connectivity index (χ4n) is 2.87. The molecule has 0 amide bonds. The van der Waals surface area contributed by atoms with Gasteiger partial charge in [0.1, 0.15) is 11.9 Å². The Bertz CT molecular complexity index is 519. The molecule has 0 radical (unpaired) electrons. The standard InChI is InChI=1S/C11H10BN5/c13-4-10-15-2-1-11(16-10)17-5-8-3-9(6-17)12(8)7-14/h1-2,8-9H,3,5-6H2. The van der Waals surface area contributed by atoms with Gasteiger partial charge >= 0.3 is 0 Å². The molecule has 0 aromatic carbocycles. The normalized spacial score (nSPS) is 25.8. The molecule has 3 aliphatic rings. The van der Waals surface area contributed by atoms with Gasteiger partial charge in [-0.3, -0.25) is 0 Å². The van der Waals surface area contributed by atoms with Crippen molar-refractivity contribution in [1.29, 1.82) is 10.5 Å². The lowest BCUT2D eigenvalue weighted by molar-refractivity contribution is 0.493. The van der Waals surface area contributed by atoms with Gasteiger partial charge in [0.15, 0.2) is 0 Å². The largest absolute Gasteiger partial charge is 0.357 e. The van der Waals surface area contributed by atoms with Crippen molar-refractivity contribution in [3.63, 3.8) is 0 Å². The van der Waals surface area contributed by atoms with Crippen LogP contribution in [0.5, 0.6) is 0 Å². The van der Waals surface area contributed by atoms with Gasteiger partial charge in [0.25, 0.3) is 6.71 Å². The second kappa shape index (κ2) is 3.74. The fourth-order valence-corrected chi connectivity index (χ4v) is 2.87. The third-order valence-electron chi connectivity index (χ3n) is 3.74. The molecule has 82 valence electrons. The SMILES string of the molecule is N#CB1C2CC1CN(c1ccnc(C#N)n1)C2. The molecule has 4 rings (SSSR count). The van der Waals surface area contributed by atoms with Gasteiger partial charge in [-0.2, -0.15) is 5.26 Å². The van der Waals surface area contributed by atoms with Crippen LogP contribution in [-0.4, -0.2) is 29.8 Å². The first-order chi connectivity index (χ1) is 8.31. The van der Waals surface area contributed by atoms with Crippen LogP contribution in [0.1, 0.15) is 12.2 Å². The molecule has 0 aliphatic carbocycles. The van der Waals surface area contributed by atoms with Crippen molar-refractivity contribution in [3.8, 4) is 12.0 Å². The summed E-state index contributed by atoms with van der Waals surface area (Å²) in [5, 5.41) is 17.8. The Morgan fingerprint density at radius 1 is 1.35 bits per heavy atom. The molecule has 2 unspecified atom stereocenters. The first kappa shape index (κ1) is 10.1. The molecule has 3 saturated heterocycles. The molecule has 3 aliphatic heterocycles. The minimum Gasteiger partial charge on any atom is -0.357 e. The molecule has 2 bridgehead atoms. The van der Waals surface area contributed by atoms with E-state index in [9.17, 15) is 0 Å². The highest BCUT2D eigenvalue weighted by molar-refractivity contribution is 6.73. The zero-order valence-corrected chi connectivity index (χ0v) is 9.24. The van der Waals surface area contributed by atoms with Crippen molar-refractivity contribution in [1.82, 2.24) is 9.97 Å². The maximum Gasteiger partial charge on any atom is 0.277 e. The topological polar surface area (TPSA) is 76.6 Å². The van der Waals surface area contributed by atoms with Crippen LogP contribution in [0.15, 0.2) is 12.3 Å². The van der Waals surface area contributed by atoms with E-state index in [2.05, 4.69) is 20.8 Å². The zero-order chi connectivity index (χ0) is 11.8. The first-order valence-corrected chi connectivity index (χ1v) is 5.69. The Hall–Kier alpha value is -2.08. The maximum absolute atomic E-state index is 8.99. The second-order valence-corrected chi connectivity index (χ2v) is 4.67. The Morgan fingerprint density at radius 2 is 2.12 bits per heavy atom. The van der Waals surface area contributed by atoms with Crippen molar-refractivity contribution in [2.45, 2.75) is 18.1 Å². The smallest absolute Gasteiger partial charge is 0.277 e. The van der Waals surface area contributed by atoms with Crippen molar-refractivity contribution in [3.05, 3.63) is 18.1 Å². The summed E-state index contributed by atoms with van der Waals surface area (Å²) in [6.45, 7) is 1.97. The highest BCUT2D eigenvalue weighted by Crippen LogP contribution is 2.48. The quantitative estimate of drug-likeness (QED) is 0.660. The molecular weight excluding hydrogens is 213 g/mol. The van der Waals surface area contributed by atoms with E-state index in [0.29, 0.717) is 11.6 Å². The van der Waals surface area contributed by atoms with Crippen LogP contribution < -0.4 is 4.90 Å². The van der Waals surface area contributed by atoms with Crippen LogP contribution in [-0.2, 0) is 0 Å². The van der Waals surface area contributed by atoms with Gasteiger partial charge in [0.2, 0.25) is 5.82 Å². The molecule has 3 fully saturated rings. The van der Waals surface area contributed by atoms with Gasteiger partial charge in [-0.25, -0.2) is 15.2 Å². The Morgan fingerprint density at radius 3 is 2.76 bits per heavy atom. The highest BCUT2D eigenvalue weighted by Gasteiger charge is 2.50. The van der Waals surface area contributed by atoms with Crippen LogP contribution >= 0.6 is 0 Å². The van der Waals surface area contributed by atoms with Crippen LogP contribution in [0, 0.1) is 22.6 Å². The number of rotatable bonds is 1. The molecule has 17 heavy (non-hydrogen) atoms. The molecule has 0 N–H and O–H groups in total. The van der Waals surface area contributed by atoms with Crippen LogP contribution in [0.3, 0.4) is 0 Å². The van der Waals surface area contributed by atoms with Gasteiger partial charge < -0.3 is 4.90 Å². The summed E-state index contributed by atoms with van der Waals surface area (Å²) in [5.41, 5.74) is 0. The Labute approximate surface area is 99.8 Å². The van der Waals surface area contributed by atoms with E-state index in [4.69, 9.17) is 10.5 Å². The average Bonchev–Trinajstić information content (AvgIpc) is 2.39. The van der Waals surface area contributed by atoms with Crippen LogP contribution in [0.4, 0.5) is 5.82 Å². The summed E-state index contributed by atoms with van der Waals surface area (Å²) < 4.78 is 0. The van der Waals surface area contributed by atoms with E-state index in [1.54, 1.807) is 6.20 Å². The number of fused-ring (bicyclic) bond motifs is 2. The van der Waals surface area contributed by atoms with Gasteiger partial charge in [-0.05, 0) is 17.7 Å². The van der Waals surface area contributed by atoms with Crippen molar-refractivity contribution < 1.29 is 0 Å². The van der Waals surface area contributed by atoms with Crippen LogP contribution in [0.25, 0.3) is 0 Å². The number of nitrogens with zero attached hydrogens (tertiary/aromatic N) is 5. The minimum atomic E-state index is 0.207. The zero-order valence-electron chi connectivity index (χ0n) is 9.24. The van der Waals surface area contributed by atoms with E-state index >= 15 is 0 Å². The molecule has 1 aromatic rings. The second-order valence-electron chi connectivity index (χ2n) is 4.67. The number of anilines is 1. The molecule has 0 saturated carbocycles. The number of piperidine rings is 1. The van der Waals surface area contributed by atoms with Gasteiger partial charge in [-0.15, -0.1) is 0 Å². The monoisotopic (exact) mass is 223 g/mol. The molecule has 2 atom stereocenters.